The number of hydrogen-bond donors (Lipinski definition) is 2. The molecule has 2 rings (SSSR count). The van der Waals surface area contributed by atoms with Crippen LogP contribution in [0, 0.1) is 0 Å². The summed E-state index contributed by atoms with van der Waals surface area (Å²) >= 11 is 0. The van der Waals surface area contributed by atoms with E-state index in [1.165, 1.54) is 37.7 Å². The van der Waals surface area contributed by atoms with E-state index in [4.69, 9.17) is 19.7 Å². The van der Waals surface area contributed by atoms with Crippen molar-refractivity contribution in [3.05, 3.63) is 42.2 Å². The molecule has 1 heterocycles. The fraction of sp³-hybridized carbons (Fsp3) is 0.524. The molecule has 0 aliphatic heterocycles. The van der Waals surface area contributed by atoms with Gasteiger partial charge in [-0.1, -0.05) is 32.6 Å². The van der Waals surface area contributed by atoms with Gasteiger partial charge >= 0.3 is 0 Å². The number of ether oxygens (including phenoxy) is 2. The normalized spacial score (nSPS) is 12.1. The Labute approximate surface area is 161 Å². The van der Waals surface area contributed by atoms with Gasteiger partial charge in [0.2, 0.25) is 0 Å². The van der Waals surface area contributed by atoms with Gasteiger partial charge in [-0.25, -0.2) is 9.97 Å². The molecule has 0 amide bonds. The van der Waals surface area contributed by atoms with Crippen molar-refractivity contribution in [2.75, 3.05) is 19.8 Å². The topological polar surface area (TPSA) is 84.7 Å². The zero-order valence-electron chi connectivity index (χ0n) is 16.0. The van der Waals surface area contributed by atoms with Gasteiger partial charge in [0.15, 0.2) is 12.1 Å². The van der Waals surface area contributed by atoms with E-state index in [0.717, 1.165) is 12.0 Å². The molecule has 0 aliphatic rings. The summed E-state index contributed by atoms with van der Waals surface area (Å²) in [7, 11) is 0. The van der Waals surface area contributed by atoms with E-state index in [1.54, 1.807) is 0 Å². The highest BCUT2D eigenvalue weighted by Gasteiger charge is 2.04. The third-order valence-corrected chi connectivity index (χ3v) is 4.21. The third-order valence-electron chi connectivity index (χ3n) is 4.21. The van der Waals surface area contributed by atoms with E-state index in [0.29, 0.717) is 18.2 Å². The molecule has 27 heavy (non-hydrogen) atoms. The number of unbranched alkanes of at least 4 members (excludes halogenated alkanes) is 4. The quantitative estimate of drug-likeness (QED) is 0.413. The fourth-order valence-electron chi connectivity index (χ4n) is 2.66. The first-order valence-corrected chi connectivity index (χ1v) is 9.67. The second-order valence-corrected chi connectivity index (χ2v) is 6.46. The summed E-state index contributed by atoms with van der Waals surface area (Å²) in [6.45, 7) is 2.29. The lowest BCUT2D eigenvalue weighted by Crippen LogP contribution is -2.19. The molecule has 1 aromatic carbocycles. The first-order valence-electron chi connectivity index (χ1n) is 9.67. The Morgan fingerprint density at radius 2 is 1.67 bits per heavy atom. The number of hydrogen-bond acceptors (Lipinski definition) is 6. The Balaban J connectivity index is 1.77. The Morgan fingerprint density at radius 1 is 0.963 bits per heavy atom. The van der Waals surface area contributed by atoms with Gasteiger partial charge in [0.25, 0.3) is 0 Å². The van der Waals surface area contributed by atoms with E-state index < -0.39 is 12.9 Å². The van der Waals surface area contributed by atoms with Crippen molar-refractivity contribution in [3.63, 3.8) is 0 Å². The van der Waals surface area contributed by atoms with Crippen LogP contribution in [0.5, 0.6) is 5.75 Å². The molecule has 2 N–H and O–H groups in total. The van der Waals surface area contributed by atoms with Crippen molar-refractivity contribution in [1.29, 1.82) is 0 Å². The predicted octanol–water partition coefficient (Wildman–Crippen LogP) is 3.36. The lowest BCUT2D eigenvalue weighted by atomic mass is 10.1. The average molecular weight is 374 g/mol. The van der Waals surface area contributed by atoms with Gasteiger partial charge in [-0.15, -0.1) is 0 Å². The van der Waals surface area contributed by atoms with Crippen LogP contribution in [0.15, 0.2) is 36.7 Å². The molecule has 1 atom stereocenters. The second kappa shape index (κ2) is 12.4. The van der Waals surface area contributed by atoms with Gasteiger partial charge in [0.1, 0.15) is 12.4 Å². The van der Waals surface area contributed by atoms with Crippen molar-refractivity contribution in [2.45, 2.75) is 51.7 Å². The summed E-state index contributed by atoms with van der Waals surface area (Å²) in [6, 6.07) is 7.53. The summed E-state index contributed by atoms with van der Waals surface area (Å²) in [5.74, 6) is 1.40. The SMILES string of the molecule is CCCCCCCc1cnc(-c2ccc(OCCO[C@@H](O)CO)cc2)nc1. The van der Waals surface area contributed by atoms with Crippen LogP contribution in [0.1, 0.15) is 44.6 Å². The van der Waals surface area contributed by atoms with Gasteiger partial charge in [0, 0.05) is 18.0 Å². The molecule has 0 unspecified atom stereocenters. The van der Waals surface area contributed by atoms with Crippen molar-refractivity contribution in [2.24, 2.45) is 0 Å². The van der Waals surface area contributed by atoms with Gasteiger partial charge in [-0.05, 0) is 42.7 Å². The first kappa shape index (κ1) is 21.3. The van der Waals surface area contributed by atoms with Gasteiger partial charge in [0.05, 0.1) is 13.2 Å². The number of aliphatic hydroxyl groups is 2. The summed E-state index contributed by atoms with van der Waals surface area (Å²) in [6.07, 6.45) is 10.0. The number of aliphatic hydroxyl groups excluding tert-OH is 2. The second-order valence-electron chi connectivity index (χ2n) is 6.46. The molecule has 0 bridgehead atoms. The Hall–Kier alpha value is -2.02. The Bertz CT molecular complexity index is 632. The van der Waals surface area contributed by atoms with Crippen LogP contribution in [-0.2, 0) is 11.2 Å². The van der Waals surface area contributed by atoms with Crippen molar-refractivity contribution < 1.29 is 19.7 Å². The number of benzene rings is 1. The average Bonchev–Trinajstić information content (AvgIpc) is 2.72. The van der Waals surface area contributed by atoms with E-state index >= 15 is 0 Å². The molecule has 0 aliphatic carbocycles. The van der Waals surface area contributed by atoms with Crippen molar-refractivity contribution in [1.82, 2.24) is 9.97 Å². The molecular weight excluding hydrogens is 344 g/mol. The molecule has 0 fully saturated rings. The van der Waals surface area contributed by atoms with E-state index in [-0.39, 0.29) is 6.61 Å². The van der Waals surface area contributed by atoms with Crippen molar-refractivity contribution >= 4 is 0 Å². The minimum atomic E-state index is -1.16. The van der Waals surface area contributed by atoms with Crippen LogP contribution < -0.4 is 4.74 Å². The maximum absolute atomic E-state index is 9.08. The molecule has 0 saturated heterocycles. The summed E-state index contributed by atoms with van der Waals surface area (Å²) in [5.41, 5.74) is 2.11. The lowest BCUT2D eigenvalue weighted by Gasteiger charge is -2.10. The Kier molecular flexibility index (Phi) is 9.76. The minimum absolute atomic E-state index is 0.201. The largest absolute Gasteiger partial charge is 0.491 e. The van der Waals surface area contributed by atoms with E-state index in [1.807, 2.05) is 36.7 Å². The smallest absolute Gasteiger partial charge is 0.178 e. The fourth-order valence-corrected chi connectivity index (χ4v) is 2.66. The van der Waals surface area contributed by atoms with Crippen LogP contribution in [0.3, 0.4) is 0 Å². The summed E-state index contributed by atoms with van der Waals surface area (Å²) < 4.78 is 10.4. The van der Waals surface area contributed by atoms with Crippen LogP contribution in [0.4, 0.5) is 0 Å². The zero-order chi connectivity index (χ0) is 19.3. The minimum Gasteiger partial charge on any atom is -0.491 e. The van der Waals surface area contributed by atoms with E-state index in [2.05, 4.69) is 16.9 Å². The molecule has 0 radical (unpaired) electrons. The first-order chi connectivity index (χ1) is 13.2. The van der Waals surface area contributed by atoms with Gasteiger partial charge in [-0.2, -0.15) is 0 Å². The molecule has 2 aromatic rings. The maximum atomic E-state index is 9.08. The van der Waals surface area contributed by atoms with Crippen molar-refractivity contribution in [3.8, 4) is 17.1 Å². The predicted molar refractivity (Wildman–Crippen MR) is 104 cm³/mol. The molecular formula is C21H30N2O4. The molecule has 1 aromatic heterocycles. The molecule has 0 saturated carbocycles. The molecule has 6 heteroatoms. The Morgan fingerprint density at radius 3 is 2.33 bits per heavy atom. The number of rotatable bonds is 13. The van der Waals surface area contributed by atoms with Crippen LogP contribution in [0.25, 0.3) is 11.4 Å². The third kappa shape index (κ3) is 8.03. The van der Waals surface area contributed by atoms with Gasteiger partial charge in [-0.3, -0.25) is 0 Å². The van der Waals surface area contributed by atoms with Crippen LogP contribution in [-0.4, -0.2) is 46.3 Å². The molecule has 6 nitrogen and oxygen atoms in total. The maximum Gasteiger partial charge on any atom is 0.178 e. The van der Waals surface area contributed by atoms with Crippen LogP contribution in [0.2, 0.25) is 0 Å². The number of aromatic nitrogens is 2. The zero-order valence-corrected chi connectivity index (χ0v) is 16.0. The van der Waals surface area contributed by atoms with Crippen LogP contribution >= 0.6 is 0 Å². The standard InChI is InChI=1S/C21H30N2O4/c1-2-3-4-5-6-7-17-14-22-21(23-15-17)18-8-10-19(11-9-18)26-12-13-27-20(25)16-24/h8-11,14-15,20,24-25H,2-7,12-13,16H2,1H3/t20-/m1/s1. The number of aryl methyl sites for hydroxylation is 1. The monoisotopic (exact) mass is 374 g/mol. The highest BCUT2D eigenvalue weighted by molar-refractivity contribution is 5.55. The number of nitrogens with zero attached hydrogens (tertiary/aromatic N) is 2. The summed E-state index contributed by atoms with van der Waals surface area (Å²) in [5, 5.41) is 17.7. The highest BCUT2D eigenvalue weighted by Crippen LogP contribution is 2.19. The molecule has 148 valence electrons. The van der Waals surface area contributed by atoms with Gasteiger partial charge < -0.3 is 19.7 Å². The molecule has 0 spiro atoms. The summed E-state index contributed by atoms with van der Waals surface area (Å²) in [4.78, 5) is 8.95. The van der Waals surface area contributed by atoms with E-state index in [9.17, 15) is 0 Å². The lowest BCUT2D eigenvalue weighted by molar-refractivity contribution is -0.128. The highest BCUT2D eigenvalue weighted by atomic mass is 16.6.